The third-order valence-electron chi connectivity index (χ3n) is 2.43. The quantitative estimate of drug-likeness (QED) is 0.758. The second kappa shape index (κ2) is 2.72. The molecule has 0 fully saturated rings. The van der Waals surface area contributed by atoms with Crippen molar-refractivity contribution in [2.75, 3.05) is 0 Å². The van der Waals surface area contributed by atoms with E-state index < -0.39 is 0 Å². The standard InChI is InChI=1S/C10H12BrNO/c1-10(2)9(12)7-5-6(11)3-4-8(7)13-10/h3-5,9H,12H2,1-2H3. The molecule has 1 unspecified atom stereocenters. The number of hydrogen-bond acceptors (Lipinski definition) is 2. The molecule has 2 nitrogen and oxygen atoms in total. The van der Waals surface area contributed by atoms with Crippen molar-refractivity contribution < 1.29 is 4.74 Å². The van der Waals surface area contributed by atoms with Crippen LogP contribution >= 0.6 is 15.9 Å². The molecule has 0 saturated carbocycles. The highest BCUT2D eigenvalue weighted by molar-refractivity contribution is 9.10. The minimum absolute atomic E-state index is 0.0417. The third-order valence-corrected chi connectivity index (χ3v) is 2.92. The van der Waals surface area contributed by atoms with Crippen molar-refractivity contribution in [3.63, 3.8) is 0 Å². The fraction of sp³-hybridized carbons (Fsp3) is 0.400. The van der Waals surface area contributed by atoms with Crippen molar-refractivity contribution in [3.05, 3.63) is 28.2 Å². The highest BCUT2D eigenvalue weighted by Gasteiger charge is 2.38. The summed E-state index contributed by atoms with van der Waals surface area (Å²) in [5.41, 5.74) is 6.84. The first-order valence-electron chi connectivity index (χ1n) is 4.25. The molecule has 1 heterocycles. The molecule has 1 aliphatic heterocycles. The van der Waals surface area contributed by atoms with Gasteiger partial charge in [-0.3, -0.25) is 0 Å². The Balaban J connectivity index is 2.51. The summed E-state index contributed by atoms with van der Waals surface area (Å²) in [6.45, 7) is 4.01. The molecular formula is C10H12BrNO. The van der Waals surface area contributed by atoms with Crippen LogP contribution in [0.5, 0.6) is 5.75 Å². The maximum Gasteiger partial charge on any atom is 0.125 e. The van der Waals surface area contributed by atoms with Gasteiger partial charge in [-0.15, -0.1) is 0 Å². The van der Waals surface area contributed by atoms with Crippen LogP contribution in [0.3, 0.4) is 0 Å². The summed E-state index contributed by atoms with van der Waals surface area (Å²) in [6.07, 6.45) is 0. The van der Waals surface area contributed by atoms with Crippen molar-refractivity contribution in [1.29, 1.82) is 0 Å². The highest BCUT2D eigenvalue weighted by Crippen LogP contribution is 2.42. The smallest absolute Gasteiger partial charge is 0.125 e. The minimum atomic E-state index is -0.289. The monoisotopic (exact) mass is 241 g/mol. The molecule has 1 aromatic rings. The van der Waals surface area contributed by atoms with E-state index in [4.69, 9.17) is 10.5 Å². The van der Waals surface area contributed by atoms with Crippen LogP contribution in [0.15, 0.2) is 22.7 Å². The van der Waals surface area contributed by atoms with Crippen molar-refractivity contribution in [3.8, 4) is 5.75 Å². The number of fused-ring (bicyclic) bond motifs is 1. The Labute approximate surface area is 86.2 Å². The topological polar surface area (TPSA) is 35.2 Å². The Hall–Kier alpha value is -0.540. The molecule has 0 spiro atoms. The Morgan fingerprint density at radius 3 is 2.85 bits per heavy atom. The lowest BCUT2D eigenvalue weighted by Gasteiger charge is -2.22. The molecule has 1 atom stereocenters. The first-order valence-corrected chi connectivity index (χ1v) is 5.04. The molecule has 0 amide bonds. The number of ether oxygens (including phenoxy) is 1. The minimum Gasteiger partial charge on any atom is -0.486 e. The zero-order chi connectivity index (χ0) is 9.64. The van der Waals surface area contributed by atoms with Crippen LogP contribution in [-0.4, -0.2) is 5.60 Å². The Morgan fingerprint density at radius 1 is 1.46 bits per heavy atom. The fourth-order valence-electron chi connectivity index (χ4n) is 1.58. The Bertz CT molecular complexity index is 349. The van der Waals surface area contributed by atoms with Crippen LogP contribution in [0.1, 0.15) is 25.5 Å². The van der Waals surface area contributed by atoms with Crippen LogP contribution in [0.4, 0.5) is 0 Å². The van der Waals surface area contributed by atoms with Gasteiger partial charge in [-0.2, -0.15) is 0 Å². The number of rotatable bonds is 0. The average molecular weight is 242 g/mol. The molecule has 0 radical (unpaired) electrons. The molecular weight excluding hydrogens is 230 g/mol. The van der Waals surface area contributed by atoms with Crippen molar-refractivity contribution in [2.45, 2.75) is 25.5 Å². The maximum atomic E-state index is 6.05. The fourth-order valence-corrected chi connectivity index (χ4v) is 1.96. The molecule has 1 aliphatic rings. The van der Waals surface area contributed by atoms with Crippen LogP contribution in [0.25, 0.3) is 0 Å². The van der Waals surface area contributed by atoms with E-state index in [-0.39, 0.29) is 11.6 Å². The van der Waals surface area contributed by atoms with Gasteiger partial charge in [0, 0.05) is 10.0 Å². The number of halogens is 1. The second-order valence-electron chi connectivity index (χ2n) is 3.87. The predicted octanol–water partition coefficient (Wildman–Crippen LogP) is 2.62. The summed E-state index contributed by atoms with van der Waals surface area (Å²) in [5.74, 6) is 0.903. The molecule has 0 aromatic heterocycles. The van der Waals surface area contributed by atoms with Gasteiger partial charge in [0.05, 0.1) is 6.04 Å². The van der Waals surface area contributed by atoms with Gasteiger partial charge in [0.25, 0.3) is 0 Å². The molecule has 2 rings (SSSR count). The predicted molar refractivity (Wildman–Crippen MR) is 55.8 cm³/mol. The zero-order valence-corrected chi connectivity index (χ0v) is 9.26. The zero-order valence-electron chi connectivity index (χ0n) is 7.67. The van der Waals surface area contributed by atoms with Crippen LogP contribution in [0, 0.1) is 0 Å². The summed E-state index contributed by atoms with van der Waals surface area (Å²) >= 11 is 3.42. The lowest BCUT2D eigenvalue weighted by Crippen LogP contribution is -2.35. The summed E-state index contributed by atoms with van der Waals surface area (Å²) in [4.78, 5) is 0. The first-order chi connectivity index (χ1) is 6.00. The summed E-state index contributed by atoms with van der Waals surface area (Å²) < 4.78 is 6.76. The van der Waals surface area contributed by atoms with Gasteiger partial charge in [0.15, 0.2) is 0 Å². The van der Waals surface area contributed by atoms with Crippen molar-refractivity contribution in [1.82, 2.24) is 0 Å². The summed E-state index contributed by atoms with van der Waals surface area (Å²) in [6, 6.07) is 5.90. The normalized spacial score (nSPS) is 23.8. The van der Waals surface area contributed by atoms with Gasteiger partial charge in [-0.1, -0.05) is 15.9 Å². The summed E-state index contributed by atoms with van der Waals surface area (Å²) in [5, 5.41) is 0. The molecule has 1 aromatic carbocycles. The number of nitrogens with two attached hydrogens (primary N) is 1. The van der Waals surface area contributed by atoms with Gasteiger partial charge >= 0.3 is 0 Å². The summed E-state index contributed by atoms with van der Waals surface area (Å²) in [7, 11) is 0. The van der Waals surface area contributed by atoms with E-state index in [1.807, 2.05) is 32.0 Å². The van der Waals surface area contributed by atoms with E-state index in [1.54, 1.807) is 0 Å². The Morgan fingerprint density at radius 2 is 2.15 bits per heavy atom. The molecule has 2 N–H and O–H groups in total. The molecule has 70 valence electrons. The molecule has 13 heavy (non-hydrogen) atoms. The van der Waals surface area contributed by atoms with Gasteiger partial charge in [0.2, 0.25) is 0 Å². The second-order valence-corrected chi connectivity index (χ2v) is 4.78. The van der Waals surface area contributed by atoms with E-state index >= 15 is 0 Å². The first kappa shape index (κ1) is 9.03. The van der Waals surface area contributed by atoms with E-state index in [1.165, 1.54) is 0 Å². The van der Waals surface area contributed by atoms with Gasteiger partial charge in [-0.25, -0.2) is 0 Å². The maximum absolute atomic E-state index is 6.05. The lowest BCUT2D eigenvalue weighted by atomic mass is 9.96. The van der Waals surface area contributed by atoms with Gasteiger partial charge < -0.3 is 10.5 Å². The van der Waals surface area contributed by atoms with Gasteiger partial charge in [0.1, 0.15) is 11.4 Å². The largest absolute Gasteiger partial charge is 0.486 e. The number of benzene rings is 1. The van der Waals surface area contributed by atoms with Crippen LogP contribution in [-0.2, 0) is 0 Å². The molecule has 0 bridgehead atoms. The van der Waals surface area contributed by atoms with E-state index in [0.717, 1.165) is 15.8 Å². The molecule has 0 aliphatic carbocycles. The van der Waals surface area contributed by atoms with Crippen LogP contribution in [0.2, 0.25) is 0 Å². The van der Waals surface area contributed by atoms with E-state index in [9.17, 15) is 0 Å². The molecule has 0 saturated heterocycles. The highest BCUT2D eigenvalue weighted by atomic mass is 79.9. The Kier molecular flexibility index (Phi) is 1.89. The average Bonchev–Trinajstić information content (AvgIpc) is 2.26. The van der Waals surface area contributed by atoms with E-state index in [0.29, 0.717) is 0 Å². The van der Waals surface area contributed by atoms with Crippen molar-refractivity contribution >= 4 is 15.9 Å². The third kappa shape index (κ3) is 1.36. The SMILES string of the molecule is CC1(C)Oc2ccc(Br)cc2C1N. The van der Waals surface area contributed by atoms with E-state index in [2.05, 4.69) is 15.9 Å². The number of hydrogen-bond donors (Lipinski definition) is 1. The lowest BCUT2D eigenvalue weighted by molar-refractivity contribution is 0.112. The molecule has 3 heteroatoms. The van der Waals surface area contributed by atoms with Crippen LogP contribution < -0.4 is 10.5 Å². The van der Waals surface area contributed by atoms with Gasteiger partial charge in [-0.05, 0) is 32.0 Å². The van der Waals surface area contributed by atoms with Crippen molar-refractivity contribution in [2.24, 2.45) is 5.73 Å².